The molecule has 0 saturated heterocycles. The first-order valence-corrected chi connectivity index (χ1v) is 5.90. The molecule has 82 valence electrons. The number of thiophene rings is 1. The summed E-state index contributed by atoms with van der Waals surface area (Å²) in [6.07, 6.45) is 3.72. The lowest BCUT2D eigenvalue weighted by molar-refractivity contribution is -0.596. The molecule has 0 unspecified atom stereocenters. The van der Waals surface area contributed by atoms with E-state index in [0.717, 1.165) is 5.69 Å². The Bertz CT molecular complexity index is 534. The number of nitrogens with two attached hydrogens (primary N) is 1. The van der Waals surface area contributed by atoms with Gasteiger partial charge in [0.2, 0.25) is 5.69 Å². The first-order valence-electron chi connectivity index (χ1n) is 4.68. The SMILES string of the molecule is CC(=O)c1sc([S-])c(-[n+]2ccccc2)c1N. The second-order valence-corrected chi connectivity index (χ2v) is 5.01. The molecule has 0 bridgehead atoms. The van der Waals surface area contributed by atoms with Crippen LogP contribution in [0.5, 0.6) is 0 Å². The molecule has 5 heteroatoms. The first-order chi connectivity index (χ1) is 7.61. The van der Waals surface area contributed by atoms with Gasteiger partial charge in [-0.3, -0.25) is 4.79 Å². The van der Waals surface area contributed by atoms with Crippen LogP contribution in [0.4, 0.5) is 5.69 Å². The van der Waals surface area contributed by atoms with E-state index in [2.05, 4.69) is 0 Å². The summed E-state index contributed by atoms with van der Waals surface area (Å²) in [5, 5.41) is 0. The van der Waals surface area contributed by atoms with E-state index in [1.54, 1.807) is 0 Å². The fourth-order valence-electron chi connectivity index (χ4n) is 1.47. The monoisotopic (exact) mass is 250 g/mol. The van der Waals surface area contributed by atoms with Gasteiger partial charge in [-0.25, -0.2) is 0 Å². The number of ketones is 1. The van der Waals surface area contributed by atoms with Gasteiger partial charge in [0.1, 0.15) is 5.69 Å². The quantitative estimate of drug-likeness (QED) is 0.501. The van der Waals surface area contributed by atoms with E-state index in [9.17, 15) is 4.79 Å². The van der Waals surface area contributed by atoms with Crippen molar-refractivity contribution >= 4 is 35.4 Å². The predicted octanol–water partition coefficient (Wildman–Crippen LogP) is 1.72. The summed E-state index contributed by atoms with van der Waals surface area (Å²) in [4.78, 5) is 11.9. The van der Waals surface area contributed by atoms with Crippen molar-refractivity contribution in [3.8, 4) is 5.69 Å². The van der Waals surface area contributed by atoms with E-state index >= 15 is 0 Å². The summed E-state index contributed by atoms with van der Waals surface area (Å²) in [5.41, 5.74) is 7.14. The molecule has 0 atom stereocenters. The Labute approximate surface area is 103 Å². The van der Waals surface area contributed by atoms with E-state index in [1.807, 2.05) is 35.2 Å². The third-order valence-corrected chi connectivity index (χ3v) is 3.71. The van der Waals surface area contributed by atoms with Gasteiger partial charge in [-0.2, -0.15) is 4.57 Å². The number of carbonyl (C=O) groups is 1. The van der Waals surface area contributed by atoms with Crippen LogP contribution in [-0.4, -0.2) is 5.78 Å². The van der Waals surface area contributed by atoms with Crippen molar-refractivity contribution in [1.82, 2.24) is 0 Å². The fraction of sp³-hybridized carbons (Fsp3) is 0.0909. The van der Waals surface area contributed by atoms with Crippen molar-refractivity contribution in [2.45, 2.75) is 11.1 Å². The van der Waals surface area contributed by atoms with Crippen molar-refractivity contribution in [3.63, 3.8) is 0 Å². The number of hydrogen-bond donors (Lipinski definition) is 1. The highest BCUT2D eigenvalue weighted by molar-refractivity contribution is 7.63. The lowest BCUT2D eigenvalue weighted by Gasteiger charge is -1.99. The molecule has 0 fully saturated rings. The highest BCUT2D eigenvalue weighted by atomic mass is 32.2. The third-order valence-electron chi connectivity index (χ3n) is 2.18. The Kier molecular flexibility index (Phi) is 2.89. The Morgan fingerprint density at radius 1 is 1.38 bits per heavy atom. The summed E-state index contributed by atoms with van der Waals surface area (Å²) >= 11 is 6.49. The maximum absolute atomic E-state index is 11.3. The van der Waals surface area contributed by atoms with E-state index < -0.39 is 0 Å². The third kappa shape index (κ3) is 1.79. The van der Waals surface area contributed by atoms with Crippen LogP contribution in [0.2, 0.25) is 0 Å². The lowest BCUT2D eigenvalue weighted by atomic mass is 10.3. The predicted molar refractivity (Wildman–Crippen MR) is 65.9 cm³/mol. The number of anilines is 1. The minimum absolute atomic E-state index is 0.0450. The normalized spacial score (nSPS) is 10.3. The van der Waals surface area contributed by atoms with Crippen molar-refractivity contribution in [2.75, 3.05) is 5.73 Å². The molecule has 0 saturated carbocycles. The highest BCUT2D eigenvalue weighted by Gasteiger charge is 2.17. The Hall–Kier alpha value is -1.46. The van der Waals surface area contributed by atoms with Gasteiger partial charge in [-0.1, -0.05) is 6.07 Å². The number of nitrogens with zero attached hydrogens (tertiary/aromatic N) is 1. The first kappa shape index (κ1) is 11.0. The molecule has 2 heterocycles. The fourth-order valence-corrected chi connectivity index (χ4v) is 2.78. The Morgan fingerprint density at radius 3 is 2.50 bits per heavy atom. The number of aromatic nitrogens is 1. The van der Waals surface area contributed by atoms with Crippen molar-refractivity contribution < 1.29 is 9.36 Å². The van der Waals surface area contributed by atoms with Crippen LogP contribution in [0.3, 0.4) is 0 Å². The van der Waals surface area contributed by atoms with Gasteiger partial charge >= 0.3 is 0 Å². The Morgan fingerprint density at radius 2 is 2.00 bits per heavy atom. The molecule has 0 aliphatic heterocycles. The van der Waals surface area contributed by atoms with E-state index in [0.29, 0.717) is 14.8 Å². The van der Waals surface area contributed by atoms with Gasteiger partial charge < -0.3 is 29.7 Å². The van der Waals surface area contributed by atoms with Gasteiger partial charge in [-0.05, 0) is 11.1 Å². The summed E-state index contributed by atoms with van der Waals surface area (Å²) < 4.78 is 2.47. The number of nitrogen functional groups attached to an aromatic ring is 1. The molecular formula is C11H10N2OS2. The zero-order chi connectivity index (χ0) is 11.7. The standard InChI is InChI=1S/C11H10N2OS2/c1-7(14)10-8(12)9(11(15)16-10)13-5-3-2-4-6-13/h2-6H,1H3,(H2-,12,14,15). The van der Waals surface area contributed by atoms with Crippen molar-refractivity contribution in [2.24, 2.45) is 0 Å². The topological polar surface area (TPSA) is 47.0 Å². The highest BCUT2D eigenvalue weighted by Crippen LogP contribution is 2.31. The van der Waals surface area contributed by atoms with Gasteiger partial charge in [0.25, 0.3) is 0 Å². The molecule has 0 aliphatic rings. The minimum atomic E-state index is -0.0450. The van der Waals surface area contributed by atoms with E-state index in [-0.39, 0.29) is 5.78 Å². The van der Waals surface area contributed by atoms with E-state index in [4.69, 9.17) is 18.4 Å². The summed E-state index contributed by atoms with van der Waals surface area (Å²) in [5.74, 6) is -0.0450. The number of pyridine rings is 1. The summed E-state index contributed by atoms with van der Waals surface area (Å²) in [6.45, 7) is 1.50. The minimum Gasteiger partial charge on any atom is -0.421 e. The molecule has 0 radical (unpaired) electrons. The van der Waals surface area contributed by atoms with Crippen molar-refractivity contribution in [1.29, 1.82) is 0 Å². The number of carbonyl (C=O) groups excluding carboxylic acids is 1. The van der Waals surface area contributed by atoms with Gasteiger partial charge in [0.05, 0.1) is 0 Å². The maximum atomic E-state index is 11.3. The van der Waals surface area contributed by atoms with Crippen LogP contribution in [0.15, 0.2) is 34.8 Å². The summed E-state index contributed by atoms with van der Waals surface area (Å²) in [6, 6.07) is 5.69. The number of Topliss-reactive ketones (excluding diaryl/α,β-unsaturated/α-hetero) is 1. The second kappa shape index (κ2) is 4.19. The molecule has 0 spiro atoms. The molecule has 0 amide bonds. The second-order valence-electron chi connectivity index (χ2n) is 3.32. The number of rotatable bonds is 2. The maximum Gasteiger partial charge on any atom is 0.222 e. The summed E-state index contributed by atoms with van der Waals surface area (Å²) in [7, 11) is 0. The molecule has 2 aromatic heterocycles. The molecular weight excluding hydrogens is 240 g/mol. The molecule has 2 N–H and O–H groups in total. The van der Waals surface area contributed by atoms with Gasteiger partial charge in [0.15, 0.2) is 18.2 Å². The van der Waals surface area contributed by atoms with Crippen LogP contribution in [0, 0.1) is 0 Å². The van der Waals surface area contributed by atoms with Gasteiger partial charge in [-0.15, -0.1) is 0 Å². The van der Waals surface area contributed by atoms with Crippen LogP contribution in [-0.2, 0) is 12.6 Å². The van der Waals surface area contributed by atoms with Crippen LogP contribution in [0.25, 0.3) is 5.69 Å². The molecule has 0 aliphatic carbocycles. The van der Waals surface area contributed by atoms with Crippen molar-refractivity contribution in [3.05, 3.63) is 35.5 Å². The largest absolute Gasteiger partial charge is 0.421 e. The number of hydrogen-bond acceptors (Lipinski definition) is 4. The molecule has 0 aromatic carbocycles. The molecule has 2 rings (SSSR count). The average molecular weight is 250 g/mol. The molecule has 3 nitrogen and oxygen atoms in total. The van der Waals surface area contributed by atoms with E-state index in [1.165, 1.54) is 18.3 Å². The zero-order valence-electron chi connectivity index (χ0n) is 8.64. The Balaban J connectivity index is 2.63. The zero-order valence-corrected chi connectivity index (χ0v) is 10.3. The van der Waals surface area contributed by atoms with Crippen LogP contribution in [0.1, 0.15) is 16.6 Å². The molecule has 2 aromatic rings. The smallest absolute Gasteiger partial charge is 0.222 e. The van der Waals surface area contributed by atoms with Gasteiger partial charge in [0, 0.05) is 17.0 Å². The van der Waals surface area contributed by atoms with Crippen LogP contribution < -0.4 is 10.3 Å². The van der Waals surface area contributed by atoms with Crippen LogP contribution >= 0.6 is 11.3 Å². The average Bonchev–Trinajstić information content (AvgIpc) is 2.56. The lowest BCUT2D eigenvalue weighted by Crippen LogP contribution is -2.30. The molecule has 16 heavy (non-hydrogen) atoms.